The first kappa shape index (κ1) is 15.1. The lowest BCUT2D eigenvalue weighted by Gasteiger charge is -2.39. The number of imidazole rings is 1. The molecule has 0 radical (unpaired) electrons. The standard InChI is InChI=1S/C20H22N4/c1-16-10-22-20(24(16)13-17-6-3-2-4-7-17)19-14-23(15-19)12-18-8-5-9-21-11-18/h2-11,19H,12-15H2,1H3. The van der Waals surface area contributed by atoms with Crippen molar-refractivity contribution in [3.8, 4) is 0 Å². The molecule has 0 bridgehead atoms. The number of pyridine rings is 1. The van der Waals surface area contributed by atoms with Gasteiger partial charge in [-0.1, -0.05) is 36.4 Å². The van der Waals surface area contributed by atoms with Gasteiger partial charge in [0.1, 0.15) is 5.82 Å². The van der Waals surface area contributed by atoms with Crippen LogP contribution >= 0.6 is 0 Å². The van der Waals surface area contributed by atoms with E-state index in [1.165, 1.54) is 22.6 Å². The average molecular weight is 318 g/mol. The minimum atomic E-state index is 0.527. The van der Waals surface area contributed by atoms with Gasteiger partial charge in [-0.25, -0.2) is 4.98 Å². The van der Waals surface area contributed by atoms with Gasteiger partial charge in [0, 0.05) is 56.4 Å². The summed E-state index contributed by atoms with van der Waals surface area (Å²) in [6.07, 6.45) is 5.78. The molecule has 3 heterocycles. The fourth-order valence-corrected chi connectivity index (χ4v) is 3.39. The Kier molecular flexibility index (Phi) is 4.13. The van der Waals surface area contributed by atoms with E-state index < -0.39 is 0 Å². The van der Waals surface area contributed by atoms with E-state index in [1.54, 1.807) is 0 Å². The Morgan fingerprint density at radius 2 is 1.75 bits per heavy atom. The number of aromatic nitrogens is 3. The maximum Gasteiger partial charge on any atom is 0.114 e. The van der Waals surface area contributed by atoms with Crippen molar-refractivity contribution >= 4 is 0 Å². The van der Waals surface area contributed by atoms with Crippen LogP contribution in [0, 0.1) is 6.92 Å². The average Bonchev–Trinajstić information content (AvgIpc) is 2.93. The molecule has 0 amide bonds. The van der Waals surface area contributed by atoms with E-state index in [9.17, 15) is 0 Å². The molecule has 0 spiro atoms. The van der Waals surface area contributed by atoms with Crippen molar-refractivity contribution < 1.29 is 0 Å². The fourth-order valence-electron chi connectivity index (χ4n) is 3.39. The zero-order valence-electron chi connectivity index (χ0n) is 14.0. The summed E-state index contributed by atoms with van der Waals surface area (Å²) in [6.45, 7) is 6.16. The number of likely N-dealkylation sites (tertiary alicyclic amines) is 1. The van der Waals surface area contributed by atoms with E-state index in [2.05, 4.69) is 57.8 Å². The summed E-state index contributed by atoms with van der Waals surface area (Å²) >= 11 is 0. The highest BCUT2D eigenvalue weighted by Crippen LogP contribution is 2.28. The second-order valence-electron chi connectivity index (χ2n) is 6.58. The van der Waals surface area contributed by atoms with Crippen LogP contribution in [0.15, 0.2) is 61.1 Å². The summed E-state index contributed by atoms with van der Waals surface area (Å²) in [7, 11) is 0. The number of aryl methyl sites for hydroxylation is 1. The molecule has 0 N–H and O–H groups in total. The van der Waals surface area contributed by atoms with Gasteiger partial charge < -0.3 is 4.57 Å². The van der Waals surface area contributed by atoms with Crippen LogP contribution in [0.1, 0.15) is 28.6 Å². The van der Waals surface area contributed by atoms with Gasteiger partial charge in [0.05, 0.1) is 0 Å². The predicted octanol–water partition coefficient (Wildman–Crippen LogP) is 3.23. The van der Waals surface area contributed by atoms with Crippen molar-refractivity contribution in [2.24, 2.45) is 0 Å². The zero-order chi connectivity index (χ0) is 16.4. The van der Waals surface area contributed by atoms with E-state index >= 15 is 0 Å². The first-order chi connectivity index (χ1) is 11.8. The highest BCUT2D eigenvalue weighted by molar-refractivity contribution is 5.20. The van der Waals surface area contributed by atoms with E-state index in [1.807, 2.05) is 24.7 Å². The molecule has 0 aliphatic carbocycles. The maximum atomic E-state index is 4.70. The lowest BCUT2D eigenvalue weighted by atomic mass is 9.98. The maximum absolute atomic E-state index is 4.70. The summed E-state index contributed by atoms with van der Waals surface area (Å²) in [4.78, 5) is 11.4. The number of nitrogens with zero attached hydrogens (tertiary/aromatic N) is 4. The molecular formula is C20H22N4. The summed E-state index contributed by atoms with van der Waals surface area (Å²) < 4.78 is 2.36. The Bertz CT molecular complexity index is 789. The molecule has 122 valence electrons. The summed E-state index contributed by atoms with van der Waals surface area (Å²) in [5.41, 5.74) is 3.84. The minimum absolute atomic E-state index is 0.527. The lowest BCUT2D eigenvalue weighted by molar-refractivity contribution is 0.132. The van der Waals surface area contributed by atoms with Crippen LogP contribution in [-0.4, -0.2) is 32.5 Å². The Labute approximate surface area is 142 Å². The first-order valence-electron chi connectivity index (χ1n) is 8.47. The van der Waals surface area contributed by atoms with Gasteiger partial charge in [-0.2, -0.15) is 0 Å². The van der Waals surface area contributed by atoms with Gasteiger partial charge in [-0.15, -0.1) is 0 Å². The van der Waals surface area contributed by atoms with Crippen molar-refractivity contribution in [3.63, 3.8) is 0 Å². The SMILES string of the molecule is Cc1cnc(C2CN(Cc3cccnc3)C2)n1Cc1ccccc1. The Morgan fingerprint density at radius 3 is 2.50 bits per heavy atom. The number of hydrogen-bond donors (Lipinski definition) is 0. The smallest absolute Gasteiger partial charge is 0.114 e. The van der Waals surface area contributed by atoms with E-state index in [4.69, 9.17) is 4.98 Å². The van der Waals surface area contributed by atoms with Gasteiger partial charge in [0.15, 0.2) is 0 Å². The van der Waals surface area contributed by atoms with Gasteiger partial charge in [0.25, 0.3) is 0 Å². The lowest BCUT2D eigenvalue weighted by Crippen LogP contribution is -2.45. The van der Waals surface area contributed by atoms with Crippen molar-refractivity contribution in [1.82, 2.24) is 19.4 Å². The Balaban J connectivity index is 1.43. The molecule has 1 aliphatic heterocycles. The van der Waals surface area contributed by atoms with Crippen molar-refractivity contribution in [2.75, 3.05) is 13.1 Å². The third kappa shape index (κ3) is 3.10. The summed E-state index contributed by atoms with van der Waals surface area (Å²) in [6, 6.07) is 14.8. The summed E-state index contributed by atoms with van der Waals surface area (Å²) in [5.74, 6) is 1.75. The molecule has 0 saturated carbocycles. The molecule has 0 unspecified atom stereocenters. The van der Waals surface area contributed by atoms with Crippen LogP contribution in [0.3, 0.4) is 0 Å². The van der Waals surface area contributed by atoms with Crippen LogP contribution in [0.2, 0.25) is 0 Å². The van der Waals surface area contributed by atoms with Crippen molar-refractivity contribution in [2.45, 2.75) is 25.9 Å². The molecule has 4 rings (SSSR count). The molecule has 3 aromatic rings. The third-order valence-electron chi connectivity index (χ3n) is 4.72. The second-order valence-corrected chi connectivity index (χ2v) is 6.58. The van der Waals surface area contributed by atoms with Crippen LogP contribution in [-0.2, 0) is 13.1 Å². The molecule has 24 heavy (non-hydrogen) atoms. The van der Waals surface area contributed by atoms with E-state index in [0.717, 1.165) is 26.2 Å². The number of hydrogen-bond acceptors (Lipinski definition) is 3. The quantitative estimate of drug-likeness (QED) is 0.724. The van der Waals surface area contributed by atoms with Crippen LogP contribution in [0.5, 0.6) is 0 Å². The van der Waals surface area contributed by atoms with Gasteiger partial charge in [-0.05, 0) is 24.1 Å². The molecular weight excluding hydrogens is 296 g/mol. The third-order valence-corrected chi connectivity index (χ3v) is 4.72. The first-order valence-corrected chi connectivity index (χ1v) is 8.47. The van der Waals surface area contributed by atoms with Crippen molar-refractivity contribution in [1.29, 1.82) is 0 Å². The molecule has 1 saturated heterocycles. The molecule has 4 heteroatoms. The molecule has 0 atom stereocenters. The van der Waals surface area contributed by atoms with Gasteiger partial charge >= 0.3 is 0 Å². The van der Waals surface area contributed by atoms with E-state index in [0.29, 0.717) is 5.92 Å². The monoisotopic (exact) mass is 318 g/mol. The molecule has 1 fully saturated rings. The molecule has 2 aromatic heterocycles. The second kappa shape index (κ2) is 6.57. The Morgan fingerprint density at radius 1 is 0.958 bits per heavy atom. The van der Waals surface area contributed by atoms with Crippen LogP contribution in [0.4, 0.5) is 0 Å². The molecule has 4 nitrogen and oxygen atoms in total. The van der Waals surface area contributed by atoms with Crippen LogP contribution < -0.4 is 0 Å². The Hall–Kier alpha value is -2.46. The largest absolute Gasteiger partial charge is 0.328 e. The van der Waals surface area contributed by atoms with Crippen LogP contribution in [0.25, 0.3) is 0 Å². The molecule has 1 aliphatic rings. The van der Waals surface area contributed by atoms with Crippen molar-refractivity contribution in [3.05, 3.63) is 83.7 Å². The highest BCUT2D eigenvalue weighted by atomic mass is 15.2. The topological polar surface area (TPSA) is 34.0 Å². The number of rotatable bonds is 5. The highest BCUT2D eigenvalue weighted by Gasteiger charge is 2.31. The summed E-state index contributed by atoms with van der Waals surface area (Å²) in [5, 5.41) is 0. The number of benzene rings is 1. The van der Waals surface area contributed by atoms with Gasteiger partial charge in [0.2, 0.25) is 0 Å². The normalized spacial score (nSPS) is 15.4. The predicted molar refractivity (Wildman–Crippen MR) is 94.8 cm³/mol. The van der Waals surface area contributed by atoms with Gasteiger partial charge in [-0.3, -0.25) is 9.88 Å². The molecule has 1 aromatic carbocycles. The zero-order valence-corrected chi connectivity index (χ0v) is 14.0. The fraction of sp³-hybridized carbons (Fsp3) is 0.300. The minimum Gasteiger partial charge on any atom is -0.328 e. The van der Waals surface area contributed by atoms with E-state index in [-0.39, 0.29) is 0 Å².